The van der Waals surface area contributed by atoms with Crippen molar-refractivity contribution in [1.29, 1.82) is 0 Å². The van der Waals surface area contributed by atoms with E-state index in [1.165, 1.54) is 17.9 Å². The number of carboxylic acids is 1. The fraction of sp³-hybridized carbons (Fsp3) is 0.333. The van der Waals surface area contributed by atoms with E-state index in [1.54, 1.807) is 19.1 Å². The topological polar surface area (TPSA) is 66.8 Å². The second-order valence-corrected chi connectivity index (χ2v) is 4.53. The lowest BCUT2D eigenvalue weighted by molar-refractivity contribution is -0.140. The molecule has 1 N–H and O–H groups in total. The van der Waals surface area contributed by atoms with Gasteiger partial charge in [0.2, 0.25) is 0 Å². The number of anilines is 1. The minimum absolute atomic E-state index is 0.389. The molecule has 2 atom stereocenters. The number of benzene rings is 1. The van der Waals surface area contributed by atoms with E-state index in [2.05, 4.69) is 0 Å². The van der Waals surface area contributed by atoms with Gasteiger partial charge in [0.15, 0.2) is 6.10 Å². The van der Waals surface area contributed by atoms with Crippen molar-refractivity contribution in [3.05, 3.63) is 23.2 Å². The minimum Gasteiger partial charge on any atom is -0.480 e. The number of hydrogen-bond donors (Lipinski definition) is 1. The summed E-state index contributed by atoms with van der Waals surface area (Å²) in [5, 5.41) is 9.48. The molecule has 6 heteroatoms. The molecule has 18 heavy (non-hydrogen) atoms. The van der Waals surface area contributed by atoms with E-state index in [1.807, 2.05) is 0 Å². The first-order valence-electron chi connectivity index (χ1n) is 5.44. The Morgan fingerprint density at radius 1 is 1.56 bits per heavy atom. The molecule has 96 valence electrons. The molecule has 5 nitrogen and oxygen atoms in total. The second kappa shape index (κ2) is 4.49. The van der Waals surface area contributed by atoms with Gasteiger partial charge >= 0.3 is 5.97 Å². The number of carbonyl (C=O) groups excluding carboxylic acids is 1. The van der Waals surface area contributed by atoms with Gasteiger partial charge in [-0.1, -0.05) is 11.6 Å². The van der Waals surface area contributed by atoms with Crippen molar-refractivity contribution in [3.8, 4) is 5.75 Å². The Hall–Kier alpha value is -1.75. The standard InChI is InChI=1S/C12H12ClNO4/c1-6(12(16)17)14-9-5-8(13)3-4-10(9)18-7(2)11(14)15/h3-7H,1-2H3,(H,16,17). The highest BCUT2D eigenvalue weighted by molar-refractivity contribution is 6.31. The van der Waals surface area contributed by atoms with Gasteiger partial charge in [0.1, 0.15) is 11.8 Å². The molecule has 0 bridgehead atoms. The summed E-state index contributed by atoms with van der Waals surface area (Å²) in [7, 11) is 0. The number of fused-ring (bicyclic) bond motifs is 1. The molecule has 0 saturated heterocycles. The maximum Gasteiger partial charge on any atom is 0.326 e. The van der Waals surface area contributed by atoms with Crippen molar-refractivity contribution in [2.24, 2.45) is 0 Å². The Balaban J connectivity index is 2.54. The zero-order valence-corrected chi connectivity index (χ0v) is 10.6. The summed E-state index contributed by atoms with van der Waals surface area (Å²) in [6, 6.07) is 3.82. The Bertz CT molecular complexity index is 517. The molecule has 0 radical (unpaired) electrons. The molecule has 2 unspecified atom stereocenters. The molecule has 0 aromatic heterocycles. The Labute approximate surface area is 109 Å². The highest BCUT2D eigenvalue weighted by Gasteiger charge is 2.37. The van der Waals surface area contributed by atoms with Crippen LogP contribution in [0.4, 0.5) is 5.69 Å². The van der Waals surface area contributed by atoms with Crippen LogP contribution in [0.15, 0.2) is 18.2 Å². The lowest BCUT2D eigenvalue weighted by atomic mass is 10.1. The zero-order chi connectivity index (χ0) is 13.4. The van der Waals surface area contributed by atoms with Gasteiger partial charge in [-0.2, -0.15) is 0 Å². The number of ether oxygens (including phenoxy) is 1. The summed E-state index contributed by atoms with van der Waals surface area (Å²) in [5.74, 6) is -1.01. The number of carboxylic acid groups (broad SMARTS) is 1. The van der Waals surface area contributed by atoms with Crippen LogP contribution in [0.2, 0.25) is 5.02 Å². The van der Waals surface area contributed by atoms with Crippen molar-refractivity contribution in [1.82, 2.24) is 0 Å². The Morgan fingerprint density at radius 2 is 2.22 bits per heavy atom. The van der Waals surface area contributed by atoms with Gasteiger partial charge in [-0.25, -0.2) is 4.79 Å². The van der Waals surface area contributed by atoms with Crippen LogP contribution in [0, 0.1) is 0 Å². The van der Waals surface area contributed by atoms with Gasteiger partial charge in [0.25, 0.3) is 5.91 Å². The molecule has 0 spiro atoms. The number of carbonyl (C=O) groups is 2. The first-order valence-corrected chi connectivity index (χ1v) is 5.81. The lowest BCUT2D eigenvalue weighted by Gasteiger charge is -2.35. The number of nitrogens with zero attached hydrogens (tertiary/aromatic N) is 1. The molecule has 1 heterocycles. The van der Waals surface area contributed by atoms with Gasteiger partial charge < -0.3 is 9.84 Å². The summed E-state index contributed by atoms with van der Waals surface area (Å²) in [6.07, 6.45) is -0.708. The summed E-state index contributed by atoms with van der Waals surface area (Å²) >= 11 is 5.87. The van der Waals surface area contributed by atoms with Crippen LogP contribution in [0.3, 0.4) is 0 Å². The van der Waals surface area contributed by atoms with Gasteiger partial charge in [-0.3, -0.25) is 9.69 Å². The van der Waals surface area contributed by atoms with Crippen LogP contribution < -0.4 is 9.64 Å². The maximum absolute atomic E-state index is 12.0. The van der Waals surface area contributed by atoms with E-state index in [0.717, 1.165) is 0 Å². The molecule has 2 rings (SSSR count). The monoisotopic (exact) mass is 269 g/mol. The quantitative estimate of drug-likeness (QED) is 0.891. The normalized spacial score (nSPS) is 20.1. The van der Waals surface area contributed by atoms with Crippen LogP contribution in [-0.4, -0.2) is 29.1 Å². The SMILES string of the molecule is CC1Oc2ccc(Cl)cc2N(C(C)C(=O)O)C1=O. The summed E-state index contributed by atoms with van der Waals surface area (Å²) in [4.78, 5) is 24.3. The van der Waals surface area contributed by atoms with E-state index < -0.39 is 18.1 Å². The highest BCUT2D eigenvalue weighted by atomic mass is 35.5. The fourth-order valence-electron chi connectivity index (χ4n) is 1.84. The second-order valence-electron chi connectivity index (χ2n) is 4.09. The van der Waals surface area contributed by atoms with E-state index in [9.17, 15) is 9.59 Å². The molecule has 0 saturated carbocycles. The molecule has 0 aliphatic carbocycles. The predicted molar refractivity (Wildman–Crippen MR) is 66.1 cm³/mol. The van der Waals surface area contributed by atoms with Gasteiger partial charge in [0, 0.05) is 5.02 Å². The van der Waals surface area contributed by atoms with Crippen LogP contribution >= 0.6 is 11.6 Å². The largest absolute Gasteiger partial charge is 0.480 e. The first kappa shape index (κ1) is 12.7. The van der Waals surface area contributed by atoms with E-state index in [-0.39, 0.29) is 5.91 Å². The van der Waals surface area contributed by atoms with Crippen LogP contribution in [-0.2, 0) is 9.59 Å². The van der Waals surface area contributed by atoms with E-state index in [0.29, 0.717) is 16.5 Å². The fourth-order valence-corrected chi connectivity index (χ4v) is 2.01. The predicted octanol–water partition coefficient (Wildman–Crippen LogP) is 1.93. The maximum atomic E-state index is 12.0. The molecule has 1 amide bonds. The van der Waals surface area contributed by atoms with Crippen LogP contribution in [0.1, 0.15) is 13.8 Å². The van der Waals surface area contributed by atoms with Crippen molar-refractivity contribution >= 4 is 29.2 Å². The summed E-state index contributed by atoms with van der Waals surface area (Å²) in [6.45, 7) is 3.03. The van der Waals surface area contributed by atoms with Gasteiger partial charge in [0.05, 0.1) is 5.69 Å². The molecule has 1 aromatic rings. The molecular weight excluding hydrogens is 258 g/mol. The highest BCUT2D eigenvalue weighted by Crippen LogP contribution is 2.37. The number of halogens is 1. The number of amides is 1. The molecule has 1 aliphatic heterocycles. The van der Waals surface area contributed by atoms with Crippen molar-refractivity contribution < 1.29 is 19.4 Å². The third-order valence-electron chi connectivity index (χ3n) is 2.81. The van der Waals surface area contributed by atoms with Gasteiger partial charge in [-0.05, 0) is 32.0 Å². The summed E-state index contributed by atoms with van der Waals surface area (Å²) in [5.41, 5.74) is 0.389. The zero-order valence-electron chi connectivity index (χ0n) is 9.88. The van der Waals surface area contributed by atoms with Gasteiger partial charge in [-0.15, -0.1) is 0 Å². The average Bonchev–Trinajstić information content (AvgIpc) is 2.31. The number of hydrogen-bond acceptors (Lipinski definition) is 3. The minimum atomic E-state index is -1.08. The number of rotatable bonds is 2. The van der Waals surface area contributed by atoms with E-state index >= 15 is 0 Å². The van der Waals surface area contributed by atoms with Crippen LogP contribution in [0.5, 0.6) is 5.75 Å². The summed E-state index contributed by atoms with van der Waals surface area (Å²) < 4.78 is 5.42. The van der Waals surface area contributed by atoms with Crippen molar-refractivity contribution in [2.75, 3.05) is 4.90 Å². The molecular formula is C12H12ClNO4. The lowest BCUT2D eigenvalue weighted by Crippen LogP contribution is -2.51. The Kier molecular flexibility index (Phi) is 3.17. The van der Waals surface area contributed by atoms with Crippen molar-refractivity contribution in [2.45, 2.75) is 26.0 Å². The van der Waals surface area contributed by atoms with Crippen molar-refractivity contribution in [3.63, 3.8) is 0 Å². The molecule has 0 fully saturated rings. The first-order chi connectivity index (χ1) is 8.41. The van der Waals surface area contributed by atoms with E-state index in [4.69, 9.17) is 21.4 Å². The third-order valence-corrected chi connectivity index (χ3v) is 3.05. The third kappa shape index (κ3) is 2.01. The molecule has 1 aliphatic rings. The molecule has 1 aromatic carbocycles. The average molecular weight is 270 g/mol. The van der Waals surface area contributed by atoms with Crippen LogP contribution in [0.25, 0.3) is 0 Å². The smallest absolute Gasteiger partial charge is 0.326 e. The Morgan fingerprint density at radius 3 is 2.83 bits per heavy atom. The number of aliphatic carboxylic acids is 1.